The van der Waals surface area contributed by atoms with Crippen LogP contribution in [0.15, 0.2) is 53.5 Å². The van der Waals surface area contributed by atoms with Crippen LogP contribution in [-0.2, 0) is 17.8 Å². The number of aryl methyl sites for hydroxylation is 1. The van der Waals surface area contributed by atoms with Crippen LogP contribution >= 0.6 is 0 Å². The van der Waals surface area contributed by atoms with Crippen molar-refractivity contribution in [3.05, 3.63) is 70.8 Å². The minimum atomic E-state index is 0.101. The maximum Gasteiger partial charge on any atom is 0.242 e. The number of rotatable bonds is 5. The summed E-state index contributed by atoms with van der Waals surface area (Å²) in [6.07, 6.45) is 0.920. The maximum atomic E-state index is 12.6. The number of nitrogens with zero attached hydrogens (tertiary/aromatic N) is 2. The largest absolute Gasteiger partial charge is 0.356 e. The highest BCUT2D eigenvalue weighted by Crippen LogP contribution is 2.18. The molecule has 2 aromatic rings. The van der Waals surface area contributed by atoms with Crippen molar-refractivity contribution in [1.82, 2.24) is 15.5 Å². The van der Waals surface area contributed by atoms with Crippen molar-refractivity contribution < 1.29 is 4.79 Å². The van der Waals surface area contributed by atoms with Gasteiger partial charge in [-0.1, -0.05) is 61.0 Å². The molecule has 1 aliphatic rings. The smallest absolute Gasteiger partial charge is 0.242 e. The molecular formula is C23H30N4O. The van der Waals surface area contributed by atoms with E-state index in [2.05, 4.69) is 71.9 Å². The van der Waals surface area contributed by atoms with Crippen LogP contribution in [0.1, 0.15) is 35.1 Å². The van der Waals surface area contributed by atoms with Crippen LogP contribution in [0.4, 0.5) is 0 Å². The predicted octanol–water partition coefficient (Wildman–Crippen LogP) is 2.85. The zero-order valence-electron chi connectivity index (χ0n) is 17.0. The summed E-state index contributed by atoms with van der Waals surface area (Å²) in [5, 5.41) is 6.49. The topological polar surface area (TPSA) is 56.7 Å². The number of carbonyl (C=O) groups is 1. The highest BCUT2D eigenvalue weighted by Gasteiger charge is 2.20. The van der Waals surface area contributed by atoms with Crippen molar-refractivity contribution in [3.8, 4) is 0 Å². The van der Waals surface area contributed by atoms with Crippen LogP contribution in [0, 0.1) is 6.92 Å². The predicted molar refractivity (Wildman–Crippen MR) is 115 cm³/mol. The van der Waals surface area contributed by atoms with Gasteiger partial charge in [0.1, 0.15) is 0 Å². The maximum absolute atomic E-state index is 12.6. The molecule has 2 N–H and O–H groups in total. The second-order valence-corrected chi connectivity index (χ2v) is 7.46. The third-order valence-electron chi connectivity index (χ3n) is 5.30. The Hall–Kier alpha value is -2.82. The third-order valence-corrected chi connectivity index (χ3v) is 5.30. The molecule has 0 fully saturated rings. The van der Waals surface area contributed by atoms with Crippen molar-refractivity contribution >= 4 is 11.9 Å². The zero-order chi connectivity index (χ0) is 19.9. The molecule has 5 nitrogen and oxygen atoms in total. The van der Waals surface area contributed by atoms with Crippen LogP contribution in [0.5, 0.6) is 0 Å². The molecule has 0 bridgehead atoms. The summed E-state index contributed by atoms with van der Waals surface area (Å²) < 4.78 is 0. The summed E-state index contributed by atoms with van der Waals surface area (Å²) >= 11 is 0. The Labute approximate surface area is 167 Å². The molecule has 1 unspecified atom stereocenters. The lowest BCUT2D eigenvalue weighted by Crippen LogP contribution is -2.46. The minimum absolute atomic E-state index is 0.101. The van der Waals surface area contributed by atoms with Gasteiger partial charge in [0.15, 0.2) is 5.96 Å². The molecule has 2 aromatic carbocycles. The lowest BCUT2D eigenvalue weighted by Gasteiger charge is -2.29. The Morgan fingerprint density at radius 2 is 1.93 bits per heavy atom. The zero-order valence-corrected chi connectivity index (χ0v) is 17.0. The summed E-state index contributed by atoms with van der Waals surface area (Å²) in [5.74, 6) is 1.11. The van der Waals surface area contributed by atoms with Gasteiger partial charge in [0.05, 0.1) is 6.54 Å². The molecule has 148 valence electrons. The molecule has 0 aliphatic carbocycles. The Bertz CT molecular complexity index is 846. The highest BCUT2D eigenvalue weighted by atomic mass is 16.2. The first kappa shape index (κ1) is 19.9. The van der Waals surface area contributed by atoms with Crippen LogP contribution in [0.3, 0.4) is 0 Å². The normalized spacial score (nSPS) is 15.0. The second-order valence-electron chi connectivity index (χ2n) is 7.46. The summed E-state index contributed by atoms with van der Waals surface area (Å²) in [5.41, 5.74) is 5.16. The molecule has 28 heavy (non-hydrogen) atoms. The lowest BCUT2D eigenvalue weighted by atomic mass is 9.99. The average molecular weight is 379 g/mol. The number of aliphatic imine (C=N–C) groups is 1. The van der Waals surface area contributed by atoms with Gasteiger partial charge in [0.2, 0.25) is 5.91 Å². The van der Waals surface area contributed by atoms with E-state index in [4.69, 9.17) is 0 Å². The van der Waals surface area contributed by atoms with E-state index in [-0.39, 0.29) is 12.5 Å². The van der Waals surface area contributed by atoms with E-state index < -0.39 is 0 Å². The van der Waals surface area contributed by atoms with Crippen molar-refractivity contribution in [3.63, 3.8) is 0 Å². The van der Waals surface area contributed by atoms with Gasteiger partial charge in [-0.05, 0) is 36.0 Å². The molecule has 1 heterocycles. The Kier molecular flexibility index (Phi) is 6.69. The van der Waals surface area contributed by atoms with Crippen molar-refractivity contribution in [1.29, 1.82) is 0 Å². The van der Waals surface area contributed by atoms with Crippen LogP contribution < -0.4 is 10.6 Å². The molecule has 0 spiro atoms. The molecule has 0 radical (unpaired) electrons. The molecule has 1 aliphatic heterocycles. The van der Waals surface area contributed by atoms with Gasteiger partial charge < -0.3 is 15.5 Å². The molecule has 1 atom stereocenters. The molecular weight excluding hydrogens is 348 g/mol. The van der Waals surface area contributed by atoms with E-state index in [1.807, 2.05) is 11.0 Å². The summed E-state index contributed by atoms with van der Waals surface area (Å²) in [6, 6.07) is 16.9. The van der Waals surface area contributed by atoms with Gasteiger partial charge in [-0.3, -0.25) is 9.79 Å². The number of nitrogens with one attached hydrogen (secondary N) is 2. The van der Waals surface area contributed by atoms with Gasteiger partial charge in [-0.2, -0.15) is 0 Å². The second kappa shape index (κ2) is 9.40. The first-order valence-corrected chi connectivity index (χ1v) is 9.92. The van der Waals surface area contributed by atoms with Gasteiger partial charge >= 0.3 is 0 Å². The fraction of sp³-hybridized carbons (Fsp3) is 0.391. The average Bonchev–Trinajstić information content (AvgIpc) is 2.73. The van der Waals surface area contributed by atoms with Gasteiger partial charge in [-0.25, -0.2) is 0 Å². The SMILES string of the molecule is CN=C(NCC(=O)N1CCc2ccccc2C1)NCC(C)c1cccc(C)c1. The van der Waals surface area contributed by atoms with Crippen LogP contribution in [0.2, 0.25) is 0 Å². The molecule has 0 aromatic heterocycles. The Morgan fingerprint density at radius 1 is 1.14 bits per heavy atom. The van der Waals surface area contributed by atoms with E-state index in [1.54, 1.807) is 7.05 Å². The first-order chi connectivity index (χ1) is 13.6. The number of hydrogen-bond acceptors (Lipinski definition) is 2. The Balaban J connectivity index is 1.47. The van der Waals surface area contributed by atoms with Gasteiger partial charge in [-0.15, -0.1) is 0 Å². The summed E-state index contributed by atoms with van der Waals surface area (Å²) in [7, 11) is 1.73. The Morgan fingerprint density at radius 3 is 2.68 bits per heavy atom. The van der Waals surface area contributed by atoms with E-state index in [9.17, 15) is 4.79 Å². The standard InChI is InChI=1S/C23H30N4O/c1-17-7-6-10-20(13-17)18(2)14-25-23(24-3)26-15-22(28)27-12-11-19-8-4-5-9-21(19)16-27/h4-10,13,18H,11-12,14-16H2,1-3H3,(H2,24,25,26). The van der Waals surface area contributed by atoms with Crippen molar-refractivity contribution in [2.24, 2.45) is 4.99 Å². The molecule has 1 amide bonds. The van der Waals surface area contributed by atoms with Gasteiger partial charge in [0.25, 0.3) is 0 Å². The van der Waals surface area contributed by atoms with Crippen molar-refractivity contribution in [2.75, 3.05) is 26.7 Å². The number of hydrogen-bond donors (Lipinski definition) is 2. The lowest BCUT2D eigenvalue weighted by molar-refractivity contribution is -0.130. The fourth-order valence-corrected chi connectivity index (χ4v) is 3.54. The van der Waals surface area contributed by atoms with Gasteiger partial charge in [0, 0.05) is 26.7 Å². The number of guanidine groups is 1. The third kappa shape index (κ3) is 5.12. The number of carbonyl (C=O) groups excluding carboxylic acids is 1. The van der Waals surface area contributed by atoms with Crippen LogP contribution in [0.25, 0.3) is 0 Å². The van der Waals surface area contributed by atoms with E-state index in [1.165, 1.54) is 22.3 Å². The number of amides is 1. The van der Waals surface area contributed by atoms with Crippen LogP contribution in [-0.4, -0.2) is 43.4 Å². The van der Waals surface area contributed by atoms with E-state index in [0.29, 0.717) is 18.4 Å². The fourth-order valence-electron chi connectivity index (χ4n) is 3.54. The minimum Gasteiger partial charge on any atom is -0.356 e. The number of fused-ring (bicyclic) bond motifs is 1. The van der Waals surface area contributed by atoms with E-state index in [0.717, 1.165) is 19.5 Å². The monoisotopic (exact) mass is 378 g/mol. The summed E-state index contributed by atoms with van der Waals surface area (Å²) in [6.45, 7) is 6.76. The quantitative estimate of drug-likeness (QED) is 0.621. The number of benzene rings is 2. The molecule has 0 saturated heterocycles. The summed E-state index contributed by atoms with van der Waals surface area (Å²) in [4.78, 5) is 18.8. The molecule has 3 rings (SSSR count). The van der Waals surface area contributed by atoms with Crippen molar-refractivity contribution in [2.45, 2.75) is 32.7 Å². The highest BCUT2D eigenvalue weighted by molar-refractivity contribution is 5.86. The first-order valence-electron chi connectivity index (χ1n) is 9.92. The molecule has 5 heteroatoms. The molecule has 0 saturated carbocycles. The van der Waals surface area contributed by atoms with E-state index >= 15 is 0 Å².